The monoisotopic (exact) mass is 365 g/mol. The van der Waals surface area contributed by atoms with E-state index in [9.17, 15) is 4.79 Å². The van der Waals surface area contributed by atoms with Crippen LogP contribution >= 0.6 is 0 Å². The topological polar surface area (TPSA) is 24.8 Å². The predicted octanol–water partition coefficient (Wildman–Crippen LogP) is 3.71. The predicted molar refractivity (Wildman–Crippen MR) is 113 cm³/mol. The van der Waals surface area contributed by atoms with E-state index in [2.05, 4.69) is 63.8 Å². The molecule has 0 aromatic heterocycles. The number of hydrogen-bond acceptors (Lipinski definition) is 2. The van der Waals surface area contributed by atoms with Gasteiger partial charge >= 0.3 is 0 Å². The van der Waals surface area contributed by atoms with E-state index in [0.717, 1.165) is 38.0 Å². The Labute approximate surface area is 164 Å². The Morgan fingerprint density at radius 1 is 0.926 bits per heavy atom. The van der Waals surface area contributed by atoms with Crippen LogP contribution in [0.15, 0.2) is 36.4 Å². The zero-order valence-corrected chi connectivity index (χ0v) is 17.4. The van der Waals surface area contributed by atoms with Crippen LogP contribution in [0.4, 0.5) is 5.69 Å². The molecular weight excluding hydrogens is 332 g/mol. The lowest BCUT2D eigenvalue weighted by molar-refractivity contribution is -0.930. The van der Waals surface area contributed by atoms with Gasteiger partial charge in [0.15, 0.2) is 0 Å². The normalized spacial score (nSPS) is 16.6. The molecule has 3 rings (SSSR count). The minimum Gasteiger partial charge on any atom is -0.360 e. The van der Waals surface area contributed by atoms with Crippen molar-refractivity contribution < 1.29 is 9.69 Å². The molecule has 1 N–H and O–H groups in total. The lowest BCUT2D eigenvalue weighted by Gasteiger charge is -2.38. The number of aldehydes is 1. The molecule has 1 aliphatic rings. The van der Waals surface area contributed by atoms with E-state index in [-0.39, 0.29) is 0 Å². The first-order valence-corrected chi connectivity index (χ1v) is 10.2. The van der Waals surface area contributed by atoms with Crippen LogP contribution < -0.4 is 9.80 Å². The molecule has 2 aromatic rings. The lowest BCUT2D eigenvalue weighted by Crippen LogP contribution is -3.14. The molecule has 27 heavy (non-hydrogen) atoms. The van der Waals surface area contributed by atoms with Gasteiger partial charge in [-0.05, 0) is 55.5 Å². The summed E-state index contributed by atoms with van der Waals surface area (Å²) in [6, 6.07) is 13.7. The molecule has 0 spiro atoms. The van der Waals surface area contributed by atoms with Gasteiger partial charge in [0, 0.05) is 16.8 Å². The molecule has 0 bridgehead atoms. The van der Waals surface area contributed by atoms with E-state index in [4.69, 9.17) is 0 Å². The van der Waals surface area contributed by atoms with Crippen molar-refractivity contribution in [1.82, 2.24) is 0 Å². The van der Waals surface area contributed by atoms with Crippen LogP contribution in [-0.4, -0.2) is 32.5 Å². The van der Waals surface area contributed by atoms with Gasteiger partial charge in [-0.15, -0.1) is 0 Å². The van der Waals surface area contributed by atoms with Gasteiger partial charge in [0.2, 0.25) is 0 Å². The SMILES string of the molecule is Cc1cc(C=O)cc(C)c1N1CC[NH+]([C@@H](C)c2ccc(C(C)C)cc2)CC1. The summed E-state index contributed by atoms with van der Waals surface area (Å²) in [6.07, 6.45) is 0.943. The second-order valence-corrected chi connectivity index (χ2v) is 8.31. The highest BCUT2D eigenvalue weighted by molar-refractivity contribution is 5.78. The van der Waals surface area contributed by atoms with Crippen LogP contribution in [0.1, 0.15) is 65.3 Å². The van der Waals surface area contributed by atoms with Crippen LogP contribution in [0.25, 0.3) is 0 Å². The number of nitrogens with zero attached hydrogens (tertiary/aromatic N) is 1. The molecule has 1 atom stereocenters. The zero-order chi connectivity index (χ0) is 19.6. The van der Waals surface area contributed by atoms with Crippen molar-refractivity contribution in [2.45, 2.75) is 46.6 Å². The maximum absolute atomic E-state index is 11.1. The summed E-state index contributed by atoms with van der Waals surface area (Å²) in [7, 11) is 0. The summed E-state index contributed by atoms with van der Waals surface area (Å²) in [6.45, 7) is 15.5. The number of anilines is 1. The van der Waals surface area contributed by atoms with E-state index in [0.29, 0.717) is 12.0 Å². The van der Waals surface area contributed by atoms with Gasteiger partial charge in [0.05, 0.1) is 26.2 Å². The first-order valence-electron chi connectivity index (χ1n) is 10.2. The largest absolute Gasteiger partial charge is 0.360 e. The van der Waals surface area contributed by atoms with Crippen molar-refractivity contribution in [3.63, 3.8) is 0 Å². The van der Waals surface area contributed by atoms with Gasteiger partial charge in [0.1, 0.15) is 12.3 Å². The molecule has 0 unspecified atom stereocenters. The average molecular weight is 366 g/mol. The Morgan fingerprint density at radius 2 is 1.44 bits per heavy atom. The molecule has 0 radical (unpaired) electrons. The van der Waals surface area contributed by atoms with E-state index >= 15 is 0 Å². The van der Waals surface area contributed by atoms with Crippen molar-refractivity contribution in [2.24, 2.45) is 0 Å². The smallest absolute Gasteiger partial charge is 0.150 e. The Kier molecular flexibility index (Phi) is 6.01. The second-order valence-electron chi connectivity index (χ2n) is 8.31. The molecule has 2 aromatic carbocycles. The highest BCUT2D eigenvalue weighted by Gasteiger charge is 2.27. The van der Waals surface area contributed by atoms with Crippen LogP contribution in [0.3, 0.4) is 0 Å². The van der Waals surface area contributed by atoms with E-state index in [1.807, 2.05) is 12.1 Å². The molecular formula is C24H33N2O+. The molecule has 3 heteroatoms. The Hall–Kier alpha value is -2.13. The fraction of sp³-hybridized carbons (Fsp3) is 0.458. The highest BCUT2D eigenvalue weighted by atomic mass is 16.1. The van der Waals surface area contributed by atoms with Crippen molar-refractivity contribution in [3.05, 3.63) is 64.2 Å². The molecule has 144 valence electrons. The fourth-order valence-electron chi connectivity index (χ4n) is 4.41. The van der Waals surface area contributed by atoms with E-state index < -0.39 is 0 Å². The zero-order valence-electron chi connectivity index (χ0n) is 17.4. The van der Waals surface area contributed by atoms with Crippen LogP contribution in [0.2, 0.25) is 0 Å². The van der Waals surface area contributed by atoms with Crippen molar-refractivity contribution in [1.29, 1.82) is 0 Å². The maximum atomic E-state index is 11.1. The quantitative estimate of drug-likeness (QED) is 0.817. The summed E-state index contributed by atoms with van der Waals surface area (Å²) in [5.74, 6) is 0.585. The number of piperazine rings is 1. The standard InChI is InChI=1S/C24H32N2O/c1-17(2)22-6-8-23(9-7-22)20(5)25-10-12-26(13-11-25)24-18(3)14-21(16-27)15-19(24)4/h6-9,14-17,20H,10-13H2,1-5H3/p+1/t20-/m0/s1. The number of rotatable bonds is 5. The molecule has 1 heterocycles. The van der Waals surface area contributed by atoms with Crippen LogP contribution in [0, 0.1) is 13.8 Å². The lowest BCUT2D eigenvalue weighted by atomic mass is 9.98. The second kappa shape index (κ2) is 8.26. The number of carbonyl (C=O) groups excluding carboxylic acids is 1. The van der Waals surface area contributed by atoms with Gasteiger partial charge in [-0.3, -0.25) is 4.79 Å². The third-order valence-corrected chi connectivity index (χ3v) is 6.09. The number of aryl methyl sites for hydroxylation is 2. The third kappa shape index (κ3) is 4.24. The van der Waals surface area contributed by atoms with Gasteiger partial charge in [-0.1, -0.05) is 38.1 Å². The number of hydrogen-bond donors (Lipinski definition) is 1. The Bertz CT molecular complexity index is 764. The summed E-state index contributed by atoms with van der Waals surface area (Å²) in [5, 5.41) is 0. The van der Waals surface area contributed by atoms with E-state index in [1.165, 1.54) is 27.9 Å². The molecule has 3 nitrogen and oxygen atoms in total. The minimum absolute atomic E-state index is 0.521. The first-order chi connectivity index (χ1) is 12.9. The molecule has 1 fully saturated rings. The molecule has 1 saturated heterocycles. The molecule has 1 aliphatic heterocycles. The summed E-state index contributed by atoms with van der Waals surface area (Å²) in [5.41, 5.74) is 7.35. The summed E-state index contributed by atoms with van der Waals surface area (Å²) >= 11 is 0. The first kappa shape index (κ1) is 19.6. The molecule has 0 saturated carbocycles. The van der Waals surface area contributed by atoms with Crippen LogP contribution in [-0.2, 0) is 0 Å². The third-order valence-electron chi connectivity index (χ3n) is 6.09. The Balaban J connectivity index is 1.67. The fourth-order valence-corrected chi connectivity index (χ4v) is 4.41. The number of nitrogens with one attached hydrogen (secondary N) is 1. The number of benzene rings is 2. The Morgan fingerprint density at radius 3 is 1.93 bits per heavy atom. The minimum atomic E-state index is 0.521. The highest BCUT2D eigenvalue weighted by Crippen LogP contribution is 2.26. The van der Waals surface area contributed by atoms with Crippen molar-refractivity contribution in [2.75, 3.05) is 31.1 Å². The van der Waals surface area contributed by atoms with Crippen LogP contribution in [0.5, 0.6) is 0 Å². The molecule has 0 amide bonds. The van der Waals surface area contributed by atoms with E-state index in [1.54, 1.807) is 4.90 Å². The average Bonchev–Trinajstić information content (AvgIpc) is 2.67. The van der Waals surface area contributed by atoms with Crippen molar-refractivity contribution in [3.8, 4) is 0 Å². The summed E-state index contributed by atoms with van der Waals surface area (Å²) < 4.78 is 0. The van der Waals surface area contributed by atoms with Gasteiger partial charge in [-0.2, -0.15) is 0 Å². The summed E-state index contributed by atoms with van der Waals surface area (Å²) in [4.78, 5) is 15.2. The maximum Gasteiger partial charge on any atom is 0.150 e. The number of quaternary nitrogens is 1. The van der Waals surface area contributed by atoms with Gasteiger partial charge in [0.25, 0.3) is 0 Å². The van der Waals surface area contributed by atoms with Crippen molar-refractivity contribution >= 4 is 12.0 Å². The molecule has 0 aliphatic carbocycles. The van der Waals surface area contributed by atoms with Gasteiger partial charge < -0.3 is 9.80 Å². The number of carbonyl (C=O) groups is 1. The van der Waals surface area contributed by atoms with Gasteiger partial charge in [-0.25, -0.2) is 0 Å².